The highest BCUT2D eigenvalue weighted by Gasteiger charge is 2.13. The molecule has 2 aromatic rings. The standard InChI is InChI=1S/C12H13ClN2O/c13-9-4-1-2-5-10(9)15-11(8-14)12-6-3-7-16-12/h1-7,11,15H,8,14H2. The second kappa shape index (κ2) is 5.05. The molecule has 0 aliphatic carbocycles. The molecule has 0 bridgehead atoms. The summed E-state index contributed by atoms with van der Waals surface area (Å²) in [6, 6.07) is 11.2. The molecule has 0 amide bonds. The lowest BCUT2D eigenvalue weighted by molar-refractivity contribution is 0.482. The van der Waals surface area contributed by atoms with Gasteiger partial charge in [-0.2, -0.15) is 0 Å². The van der Waals surface area contributed by atoms with E-state index in [1.54, 1.807) is 6.26 Å². The molecule has 1 aromatic heterocycles. The highest BCUT2D eigenvalue weighted by molar-refractivity contribution is 6.33. The van der Waals surface area contributed by atoms with Gasteiger partial charge < -0.3 is 15.5 Å². The first-order valence-electron chi connectivity index (χ1n) is 5.06. The van der Waals surface area contributed by atoms with E-state index in [2.05, 4.69) is 5.32 Å². The van der Waals surface area contributed by atoms with Gasteiger partial charge in [0, 0.05) is 6.54 Å². The van der Waals surface area contributed by atoms with Crippen molar-refractivity contribution in [2.24, 2.45) is 5.73 Å². The zero-order valence-electron chi connectivity index (χ0n) is 8.69. The lowest BCUT2D eigenvalue weighted by Gasteiger charge is -2.16. The van der Waals surface area contributed by atoms with Crippen LogP contribution in [0.3, 0.4) is 0 Å². The molecule has 4 heteroatoms. The van der Waals surface area contributed by atoms with Crippen LogP contribution in [0.1, 0.15) is 11.8 Å². The molecule has 0 radical (unpaired) electrons. The second-order valence-corrected chi connectivity index (χ2v) is 3.84. The summed E-state index contributed by atoms with van der Waals surface area (Å²) in [6.07, 6.45) is 1.63. The van der Waals surface area contributed by atoms with Crippen molar-refractivity contribution in [2.75, 3.05) is 11.9 Å². The van der Waals surface area contributed by atoms with Crippen molar-refractivity contribution < 1.29 is 4.42 Å². The number of nitrogens with two attached hydrogens (primary N) is 1. The number of nitrogens with one attached hydrogen (secondary N) is 1. The molecule has 1 heterocycles. The quantitative estimate of drug-likeness (QED) is 0.858. The number of furan rings is 1. The Morgan fingerprint density at radius 2 is 2.06 bits per heavy atom. The normalized spacial score (nSPS) is 12.4. The van der Waals surface area contributed by atoms with Crippen LogP contribution in [-0.4, -0.2) is 6.54 Å². The van der Waals surface area contributed by atoms with Gasteiger partial charge in [-0.3, -0.25) is 0 Å². The summed E-state index contributed by atoms with van der Waals surface area (Å²) < 4.78 is 5.31. The van der Waals surface area contributed by atoms with Crippen LogP contribution in [-0.2, 0) is 0 Å². The van der Waals surface area contributed by atoms with Crippen LogP contribution in [0.25, 0.3) is 0 Å². The molecular formula is C12H13ClN2O. The fourth-order valence-electron chi connectivity index (χ4n) is 1.50. The molecule has 3 nitrogen and oxygen atoms in total. The predicted octanol–water partition coefficient (Wildman–Crippen LogP) is 3.04. The smallest absolute Gasteiger partial charge is 0.127 e. The SMILES string of the molecule is NCC(Nc1ccccc1Cl)c1ccco1. The summed E-state index contributed by atoms with van der Waals surface area (Å²) in [5, 5.41) is 3.92. The van der Waals surface area contributed by atoms with Crippen LogP contribution in [0.15, 0.2) is 47.1 Å². The van der Waals surface area contributed by atoms with E-state index in [0.29, 0.717) is 11.6 Å². The summed E-state index contributed by atoms with van der Waals surface area (Å²) >= 11 is 6.05. The van der Waals surface area contributed by atoms with Gasteiger partial charge in [-0.1, -0.05) is 23.7 Å². The fraction of sp³-hybridized carbons (Fsp3) is 0.167. The first-order chi connectivity index (χ1) is 7.81. The van der Waals surface area contributed by atoms with Gasteiger partial charge in [-0.25, -0.2) is 0 Å². The Kier molecular flexibility index (Phi) is 3.49. The summed E-state index contributed by atoms with van der Waals surface area (Å²) in [5.41, 5.74) is 6.55. The number of benzene rings is 1. The van der Waals surface area contributed by atoms with Crippen LogP contribution in [0.4, 0.5) is 5.69 Å². The number of hydrogen-bond acceptors (Lipinski definition) is 3. The average molecular weight is 237 g/mol. The Labute approximate surface area is 99.2 Å². The van der Waals surface area contributed by atoms with Crippen LogP contribution in [0, 0.1) is 0 Å². The highest BCUT2D eigenvalue weighted by Crippen LogP contribution is 2.25. The lowest BCUT2D eigenvalue weighted by atomic mass is 10.2. The third-order valence-electron chi connectivity index (χ3n) is 2.33. The van der Waals surface area contributed by atoms with E-state index >= 15 is 0 Å². The van der Waals surface area contributed by atoms with Gasteiger partial charge in [0.15, 0.2) is 0 Å². The third kappa shape index (κ3) is 2.38. The van der Waals surface area contributed by atoms with Gasteiger partial charge in [0.25, 0.3) is 0 Å². The van der Waals surface area contributed by atoms with Crippen LogP contribution >= 0.6 is 11.6 Å². The summed E-state index contributed by atoms with van der Waals surface area (Å²) in [4.78, 5) is 0. The molecule has 3 N–H and O–H groups in total. The van der Waals surface area contributed by atoms with E-state index in [1.165, 1.54) is 0 Å². The average Bonchev–Trinajstić information content (AvgIpc) is 2.81. The Morgan fingerprint density at radius 3 is 2.69 bits per heavy atom. The monoisotopic (exact) mass is 236 g/mol. The van der Waals surface area contributed by atoms with E-state index in [0.717, 1.165) is 11.4 Å². The van der Waals surface area contributed by atoms with Crippen molar-refractivity contribution in [2.45, 2.75) is 6.04 Å². The van der Waals surface area contributed by atoms with Crippen molar-refractivity contribution in [3.8, 4) is 0 Å². The minimum absolute atomic E-state index is 0.0603. The topological polar surface area (TPSA) is 51.2 Å². The van der Waals surface area contributed by atoms with Gasteiger partial charge in [-0.05, 0) is 24.3 Å². The number of halogens is 1. The summed E-state index contributed by atoms with van der Waals surface area (Å²) in [5.74, 6) is 0.808. The molecule has 1 aromatic carbocycles. The molecule has 84 valence electrons. The maximum absolute atomic E-state index is 6.05. The van der Waals surface area contributed by atoms with E-state index in [-0.39, 0.29) is 6.04 Å². The first kappa shape index (κ1) is 11.0. The van der Waals surface area contributed by atoms with Crippen molar-refractivity contribution >= 4 is 17.3 Å². The molecule has 0 saturated heterocycles. The maximum atomic E-state index is 6.05. The summed E-state index contributed by atoms with van der Waals surface area (Å²) in [7, 11) is 0. The first-order valence-corrected chi connectivity index (χ1v) is 5.43. The van der Waals surface area contributed by atoms with E-state index in [4.69, 9.17) is 21.8 Å². The van der Waals surface area contributed by atoms with Crippen molar-refractivity contribution in [3.05, 3.63) is 53.4 Å². The van der Waals surface area contributed by atoms with Crippen molar-refractivity contribution in [3.63, 3.8) is 0 Å². The predicted molar refractivity (Wildman–Crippen MR) is 65.6 cm³/mol. The van der Waals surface area contributed by atoms with Gasteiger partial charge in [0.1, 0.15) is 5.76 Å². The van der Waals surface area contributed by atoms with E-state index in [9.17, 15) is 0 Å². The van der Waals surface area contributed by atoms with Crippen molar-refractivity contribution in [1.82, 2.24) is 0 Å². The molecule has 0 aliphatic rings. The Morgan fingerprint density at radius 1 is 1.25 bits per heavy atom. The summed E-state index contributed by atoms with van der Waals surface area (Å²) in [6.45, 7) is 0.443. The van der Waals surface area contributed by atoms with Crippen LogP contribution in [0.2, 0.25) is 5.02 Å². The van der Waals surface area contributed by atoms with Gasteiger partial charge in [-0.15, -0.1) is 0 Å². The van der Waals surface area contributed by atoms with Gasteiger partial charge in [0.05, 0.1) is 23.0 Å². The molecule has 2 rings (SSSR count). The molecule has 1 atom stereocenters. The van der Waals surface area contributed by atoms with E-state index < -0.39 is 0 Å². The molecule has 0 aliphatic heterocycles. The number of para-hydroxylation sites is 1. The fourth-order valence-corrected chi connectivity index (χ4v) is 1.69. The number of rotatable bonds is 4. The van der Waals surface area contributed by atoms with Crippen LogP contribution in [0.5, 0.6) is 0 Å². The minimum Gasteiger partial charge on any atom is -0.467 e. The zero-order chi connectivity index (χ0) is 11.4. The Bertz CT molecular complexity index is 442. The van der Waals surface area contributed by atoms with Crippen molar-refractivity contribution in [1.29, 1.82) is 0 Å². The molecule has 0 fully saturated rings. The maximum Gasteiger partial charge on any atom is 0.127 e. The van der Waals surface area contributed by atoms with E-state index in [1.807, 2.05) is 36.4 Å². The molecule has 16 heavy (non-hydrogen) atoms. The molecular weight excluding hydrogens is 224 g/mol. The molecule has 0 saturated carbocycles. The lowest BCUT2D eigenvalue weighted by Crippen LogP contribution is -2.20. The van der Waals surface area contributed by atoms with Crippen LogP contribution < -0.4 is 11.1 Å². The second-order valence-electron chi connectivity index (χ2n) is 3.43. The number of anilines is 1. The van der Waals surface area contributed by atoms with Gasteiger partial charge >= 0.3 is 0 Å². The largest absolute Gasteiger partial charge is 0.467 e. The Hall–Kier alpha value is -1.45. The zero-order valence-corrected chi connectivity index (χ0v) is 9.45. The third-order valence-corrected chi connectivity index (χ3v) is 2.66. The Balaban J connectivity index is 2.17. The molecule has 1 unspecified atom stereocenters. The number of hydrogen-bond donors (Lipinski definition) is 2. The minimum atomic E-state index is -0.0603. The highest BCUT2D eigenvalue weighted by atomic mass is 35.5. The van der Waals surface area contributed by atoms with Gasteiger partial charge in [0.2, 0.25) is 0 Å². The molecule has 0 spiro atoms.